The van der Waals surface area contributed by atoms with E-state index in [4.69, 9.17) is 28.4 Å². The van der Waals surface area contributed by atoms with E-state index in [9.17, 15) is 28.8 Å². The molecule has 0 heterocycles. The maximum absolute atomic E-state index is 12.7. The van der Waals surface area contributed by atoms with Crippen LogP contribution < -0.4 is 0 Å². The SMILES string of the molecule is CCC(C)(C)C(=O)OC1(C)CC2CC1C1C3CCC(C3)C21.CCC(C)(C)C(=O)OC1(C)CCCC2CCCCC21.CCC(C)(C)C(=O)OC1(CC)CC2CC1C1C3CCC(C3)C21.CCC(C)C(=O)OC1(C)CC2CC1C1C3CCC(C3)C21.CCC(C)C(=O)OC1(C)CCCC2CCCCC21.CCC(C)C(=O)OC1(CC)CC2CC1C1C3CCC(C3)C21. The molecule has 0 saturated heterocycles. The molecular weight excluding hydrogens is 1500 g/mol. The first-order chi connectivity index (χ1) is 57.3. The minimum atomic E-state index is -0.343. The Morgan fingerprint density at radius 2 is 0.537 bits per heavy atom. The molecule has 686 valence electrons. The van der Waals surface area contributed by atoms with Gasteiger partial charge in [0, 0.05) is 35.5 Å². The first kappa shape index (κ1) is 92.5. The quantitative estimate of drug-likeness (QED) is 0.0646. The van der Waals surface area contributed by atoms with Crippen LogP contribution in [0.5, 0.6) is 0 Å². The molecule has 0 N–H and O–H groups in total. The van der Waals surface area contributed by atoms with E-state index < -0.39 is 0 Å². The van der Waals surface area contributed by atoms with E-state index in [-0.39, 0.29) is 103 Å². The van der Waals surface area contributed by atoms with E-state index in [1.807, 2.05) is 62.3 Å². The van der Waals surface area contributed by atoms with E-state index in [0.29, 0.717) is 35.5 Å². The van der Waals surface area contributed by atoms with Gasteiger partial charge in [0.05, 0.1) is 34.0 Å². The maximum atomic E-state index is 12.7. The second-order valence-corrected chi connectivity index (χ2v) is 49.4. The van der Waals surface area contributed by atoms with Crippen LogP contribution in [-0.4, -0.2) is 69.4 Å². The average molecular weight is 1680 g/mol. The van der Waals surface area contributed by atoms with Crippen molar-refractivity contribution in [3.63, 3.8) is 0 Å². The molecule has 20 rings (SSSR count). The Bertz CT molecular complexity index is 3640. The van der Waals surface area contributed by atoms with Gasteiger partial charge in [0.1, 0.15) is 33.6 Å². The minimum Gasteiger partial charge on any atom is -0.459 e. The molecule has 0 aromatic heterocycles. The van der Waals surface area contributed by atoms with Crippen molar-refractivity contribution in [2.24, 2.45) is 200 Å². The predicted octanol–water partition coefficient (Wildman–Crippen LogP) is 26.7. The maximum Gasteiger partial charge on any atom is 0.312 e. The molecule has 37 atom stereocenters. The third-order valence-electron chi connectivity index (χ3n) is 42.3. The second-order valence-electron chi connectivity index (χ2n) is 49.4. The molecule has 0 amide bonds. The lowest BCUT2D eigenvalue weighted by Crippen LogP contribution is -2.49. The highest BCUT2D eigenvalue weighted by atomic mass is 16.6. The number of carbonyl (C=O) groups excluding carboxylic acids is 6. The molecule has 0 spiro atoms. The average Bonchev–Trinajstić information content (AvgIpc) is 1.58. The number of hydrogen-bond acceptors (Lipinski definition) is 12. The number of fused-ring (bicyclic) bond motifs is 38. The fourth-order valence-corrected chi connectivity index (χ4v) is 34.2. The lowest BCUT2D eigenvalue weighted by atomic mass is 9.63. The normalized spacial score (nSPS) is 46.5. The summed E-state index contributed by atoms with van der Waals surface area (Å²) < 4.78 is 36.8. The Morgan fingerprint density at radius 1 is 0.273 bits per heavy atom. The van der Waals surface area contributed by atoms with Gasteiger partial charge in [-0.25, -0.2) is 0 Å². The zero-order valence-electron chi connectivity index (χ0n) is 81.0. The number of esters is 6. The lowest BCUT2D eigenvalue weighted by Gasteiger charge is -2.48. The van der Waals surface area contributed by atoms with Gasteiger partial charge in [-0.15, -0.1) is 0 Å². The van der Waals surface area contributed by atoms with Crippen molar-refractivity contribution in [3.8, 4) is 0 Å². The van der Waals surface area contributed by atoms with Crippen molar-refractivity contribution in [2.75, 3.05) is 0 Å². The summed E-state index contributed by atoms with van der Waals surface area (Å²) in [5.41, 5.74) is -1.92. The molecule has 16 bridgehead atoms. The molecular formula is C109H178O12. The molecule has 20 aliphatic rings. The Kier molecular flexibility index (Phi) is 27.2. The molecule has 12 nitrogen and oxygen atoms in total. The molecule has 0 radical (unpaired) electrons. The van der Waals surface area contributed by atoms with Crippen LogP contribution in [0.2, 0.25) is 0 Å². The second kappa shape index (κ2) is 35.6. The summed E-state index contributed by atoms with van der Waals surface area (Å²) in [6.45, 7) is 43.9. The molecule has 121 heavy (non-hydrogen) atoms. The highest BCUT2D eigenvalue weighted by molar-refractivity contribution is 5.78. The molecule has 20 saturated carbocycles. The smallest absolute Gasteiger partial charge is 0.312 e. The van der Waals surface area contributed by atoms with Crippen LogP contribution in [0.3, 0.4) is 0 Å². The summed E-state index contributed by atoms with van der Waals surface area (Å²) in [7, 11) is 0. The van der Waals surface area contributed by atoms with Crippen molar-refractivity contribution in [1.82, 2.24) is 0 Å². The minimum absolute atomic E-state index is 0.00345. The number of ether oxygens (including phenoxy) is 6. The van der Waals surface area contributed by atoms with Crippen molar-refractivity contribution in [2.45, 2.75) is 449 Å². The van der Waals surface area contributed by atoms with Crippen molar-refractivity contribution in [1.29, 1.82) is 0 Å². The molecule has 0 aliphatic heterocycles. The third-order valence-corrected chi connectivity index (χ3v) is 42.3. The van der Waals surface area contributed by atoms with Crippen molar-refractivity contribution < 1.29 is 57.2 Å². The Balaban J connectivity index is 0.000000113. The fraction of sp³-hybridized carbons (Fsp3) is 0.945. The summed E-state index contributed by atoms with van der Waals surface area (Å²) in [5.74, 6) is 24.7. The third kappa shape index (κ3) is 16.9. The van der Waals surface area contributed by atoms with E-state index in [0.717, 1.165) is 214 Å². The first-order valence-electron chi connectivity index (χ1n) is 52.7. The summed E-state index contributed by atoms with van der Waals surface area (Å²) in [4.78, 5) is 74.4. The van der Waals surface area contributed by atoms with Gasteiger partial charge < -0.3 is 28.4 Å². The topological polar surface area (TPSA) is 158 Å². The van der Waals surface area contributed by atoms with Crippen LogP contribution in [0.25, 0.3) is 0 Å². The van der Waals surface area contributed by atoms with Gasteiger partial charge in [0.25, 0.3) is 0 Å². The molecule has 0 aromatic carbocycles. The molecule has 20 aliphatic carbocycles. The molecule has 0 aromatic rings. The highest BCUT2D eigenvalue weighted by Crippen LogP contribution is 2.75. The Hall–Kier alpha value is -3.18. The summed E-state index contributed by atoms with van der Waals surface area (Å²) >= 11 is 0. The van der Waals surface area contributed by atoms with Crippen molar-refractivity contribution in [3.05, 3.63) is 0 Å². The van der Waals surface area contributed by atoms with Gasteiger partial charge >= 0.3 is 35.8 Å². The van der Waals surface area contributed by atoms with Gasteiger partial charge in [-0.2, -0.15) is 0 Å². The standard InChI is InChI=1S/C20H32O2.2C19H30O2.C18H28O2.C17H30O2.C16H28O2/c1-5-19(3,4)18(21)22-20(6-2)11-14-10-15(20)17-13-8-7-12(9-13)16(14)17;1-5-18(2,3)17(20)21-19(4)10-13-9-14(19)16-12-7-6-11(8-12)15(13)16;1-4-11(3)18(20)21-19(5-2)10-14-9-15(19)17-13-7-6-12(8-13)16(14)17;1-4-10(2)17(19)20-18(3)9-13-8-14(18)16-12-6-5-11(7-12)15(13)16;1-5-16(2,3)15(18)19-17(4)12-8-10-13-9-6-7-11-14(13)17;1-4-12(2)15(17)18-16(3)11-7-9-13-8-5-6-10-14(13)16/h12-17H,5-11H2,1-4H3;11-16H,5-10H2,1-4H3;11-17H,4-10H2,1-3H3;10-16H,4-9H2,1-3H3;13-14H,5-12H2,1-4H3;12-14H,4-11H2,1-3H3. The Labute approximate surface area is 737 Å². The summed E-state index contributed by atoms with van der Waals surface area (Å²) in [6.07, 6.45) is 52.7. The van der Waals surface area contributed by atoms with Gasteiger partial charge in [-0.1, -0.05) is 115 Å². The van der Waals surface area contributed by atoms with E-state index in [1.54, 1.807) is 0 Å². The monoisotopic (exact) mass is 1680 g/mol. The molecule has 20 fully saturated rings. The highest BCUT2D eigenvalue weighted by Gasteiger charge is 2.72. The van der Waals surface area contributed by atoms with Gasteiger partial charge in [0.15, 0.2) is 0 Å². The van der Waals surface area contributed by atoms with E-state index in [1.165, 1.54) is 186 Å². The van der Waals surface area contributed by atoms with Crippen LogP contribution in [0.4, 0.5) is 0 Å². The summed E-state index contributed by atoms with van der Waals surface area (Å²) in [6, 6.07) is 0. The number of hydrogen-bond donors (Lipinski definition) is 0. The molecule has 12 heteroatoms. The van der Waals surface area contributed by atoms with Gasteiger partial charge in [-0.05, 0) is 431 Å². The number of rotatable bonds is 20. The fourth-order valence-electron chi connectivity index (χ4n) is 34.2. The van der Waals surface area contributed by atoms with Crippen LogP contribution in [-0.2, 0) is 57.2 Å². The predicted molar refractivity (Wildman–Crippen MR) is 481 cm³/mol. The van der Waals surface area contributed by atoms with Crippen LogP contribution in [0.15, 0.2) is 0 Å². The molecule has 37 unspecified atom stereocenters. The van der Waals surface area contributed by atoms with Crippen LogP contribution >= 0.6 is 0 Å². The zero-order valence-corrected chi connectivity index (χ0v) is 81.0. The van der Waals surface area contributed by atoms with Gasteiger partial charge in [0.2, 0.25) is 0 Å². The van der Waals surface area contributed by atoms with E-state index in [2.05, 4.69) is 83.1 Å². The van der Waals surface area contributed by atoms with Crippen molar-refractivity contribution >= 4 is 35.8 Å². The zero-order chi connectivity index (χ0) is 86.8. The summed E-state index contributed by atoms with van der Waals surface area (Å²) in [5, 5.41) is 0. The largest absolute Gasteiger partial charge is 0.459 e. The van der Waals surface area contributed by atoms with E-state index >= 15 is 0 Å². The number of carbonyl (C=O) groups is 6. The van der Waals surface area contributed by atoms with Crippen LogP contribution in [0, 0.1) is 200 Å². The van der Waals surface area contributed by atoms with Crippen LogP contribution in [0.1, 0.15) is 415 Å². The first-order valence-corrected chi connectivity index (χ1v) is 52.7. The lowest BCUT2D eigenvalue weighted by molar-refractivity contribution is -0.185. The van der Waals surface area contributed by atoms with Gasteiger partial charge in [-0.3, -0.25) is 28.8 Å². The Morgan fingerprint density at radius 3 is 0.884 bits per heavy atom.